The van der Waals surface area contributed by atoms with E-state index in [1.54, 1.807) is 0 Å². The monoisotopic (exact) mass is 330 g/mol. The maximum atomic E-state index is 11.1. The van der Waals surface area contributed by atoms with E-state index in [2.05, 4.69) is 27.5 Å². The predicted octanol–water partition coefficient (Wildman–Crippen LogP) is 3.49. The Bertz CT molecular complexity index is 595. The van der Waals surface area contributed by atoms with Crippen LogP contribution in [0.2, 0.25) is 0 Å². The average molecular weight is 330 g/mol. The summed E-state index contributed by atoms with van der Waals surface area (Å²) in [7, 11) is 0. The third-order valence-corrected chi connectivity index (χ3v) is 4.38. The zero-order valence-electron chi connectivity index (χ0n) is 14.1. The molecule has 0 fully saturated rings. The summed E-state index contributed by atoms with van der Waals surface area (Å²) >= 11 is 0. The van der Waals surface area contributed by atoms with Gasteiger partial charge in [-0.2, -0.15) is 0 Å². The molecule has 3 N–H and O–H groups in total. The minimum atomic E-state index is -0.706. The molecule has 130 valence electrons. The van der Waals surface area contributed by atoms with Gasteiger partial charge in [0.05, 0.1) is 0 Å². The summed E-state index contributed by atoms with van der Waals surface area (Å²) in [4.78, 5) is 18.4. The highest BCUT2D eigenvalue weighted by Gasteiger charge is 2.12. The van der Waals surface area contributed by atoms with Gasteiger partial charge >= 0.3 is 0 Å². The average Bonchev–Trinajstić information content (AvgIpc) is 2.59. The van der Waals surface area contributed by atoms with Crippen LogP contribution in [0.5, 0.6) is 0 Å². The van der Waals surface area contributed by atoms with Gasteiger partial charge in [-0.05, 0) is 49.3 Å². The summed E-state index contributed by atoms with van der Waals surface area (Å²) < 4.78 is 0. The molecule has 1 atom stereocenters. The number of fused-ring (bicyclic) bond motifs is 1. The molecule has 0 saturated heterocycles. The lowest BCUT2D eigenvalue weighted by Crippen LogP contribution is -2.26. The third kappa shape index (κ3) is 5.74. The van der Waals surface area contributed by atoms with Gasteiger partial charge in [0.2, 0.25) is 5.91 Å². The van der Waals surface area contributed by atoms with E-state index < -0.39 is 11.9 Å². The van der Waals surface area contributed by atoms with Crippen LogP contribution in [0.15, 0.2) is 17.2 Å². The second-order valence-electron chi connectivity index (χ2n) is 6.27. The second-order valence-corrected chi connectivity index (χ2v) is 6.27. The maximum Gasteiger partial charge on any atom is 0.226 e. The summed E-state index contributed by atoms with van der Waals surface area (Å²) in [5.41, 5.74) is 16.0. The Morgan fingerprint density at radius 3 is 2.92 bits per heavy atom. The van der Waals surface area contributed by atoms with Crippen molar-refractivity contribution < 1.29 is 4.79 Å². The molecule has 1 aromatic rings. The minimum absolute atomic E-state index is 0.539. The predicted molar refractivity (Wildman–Crippen MR) is 94.6 cm³/mol. The Morgan fingerprint density at radius 2 is 2.12 bits per heavy atom. The van der Waals surface area contributed by atoms with Gasteiger partial charge in [-0.25, -0.2) is 4.98 Å². The molecule has 1 aliphatic rings. The SMILES string of the molecule is [N-]=[N+]=NC(CCCCCCCc1ccc2c(n1)NCCC2)C(N)=O. The number of aromatic nitrogens is 1. The molecule has 7 nitrogen and oxygen atoms in total. The first-order valence-electron chi connectivity index (χ1n) is 8.77. The van der Waals surface area contributed by atoms with Gasteiger partial charge in [-0.1, -0.05) is 36.9 Å². The van der Waals surface area contributed by atoms with Crippen molar-refractivity contribution in [2.24, 2.45) is 10.8 Å². The van der Waals surface area contributed by atoms with E-state index >= 15 is 0 Å². The highest BCUT2D eigenvalue weighted by molar-refractivity contribution is 5.79. The van der Waals surface area contributed by atoms with Crippen LogP contribution in [0.3, 0.4) is 0 Å². The zero-order valence-corrected chi connectivity index (χ0v) is 14.1. The first kappa shape index (κ1) is 18.1. The number of rotatable bonds is 10. The van der Waals surface area contributed by atoms with Crippen LogP contribution >= 0.6 is 0 Å². The number of nitrogens with zero attached hydrogens (tertiary/aromatic N) is 4. The van der Waals surface area contributed by atoms with Gasteiger partial charge < -0.3 is 11.1 Å². The summed E-state index contributed by atoms with van der Waals surface area (Å²) in [6.45, 7) is 1.02. The van der Waals surface area contributed by atoms with Crippen LogP contribution in [0.4, 0.5) is 5.82 Å². The van der Waals surface area contributed by atoms with Crippen molar-refractivity contribution in [1.29, 1.82) is 0 Å². The number of unbranched alkanes of at least 4 members (excludes halogenated alkanes) is 4. The van der Waals surface area contributed by atoms with Crippen LogP contribution in [-0.2, 0) is 17.6 Å². The second kappa shape index (κ2) is 9.78. The largest absolute Gasteiger partial charge is 0.370 e. The fourth-order valence-electron chi connectivity index (χ4n) is 3.00. The Kier molecular flexibility index (Phi) is 7.36. The number of primary amides is 1. The lowest BCUT2D eigenvalue weighted by Gasteiger charge is -2.17. The Balaban J connectivity index is 1.60. The number of amides is 1. The number of nitrogens with two attached hydrogens (primary N) is 1. The van der Waals surface area contributed by atoms with Crippen LogP contribution in [-0.4, -0.2) is 23.5 Å². The van der Waals surface area contributed by atoms with Crippen LogP contribution in [0.25, 0.3) is 10.4 Å². The number of hydrogen-bond acceptors (Lipinski definition) is 4. The van der Waals surface area contributed by atoms with E-state index in [1.807, 2.05) is 0 Å². The van der Waals surface area contributed by atoms with Gasteiger partial charge in [0, 0.05) is 17.2 Å². The Hall–Kier alpha value is -2.27. The van der Waals surface area contributed by atoms with Crippen molar-refractivity contribution in [1.82, 2.24) is 4.98 Å². The van der Waals surface area contributed by atoms with Crippen LogP contribution in [0, 0.1) is 0 Å². The van der Waals surface area contributed by atoms with Crippen molar-refractivity contribution in [2.75, 3.05) is 11.9 Å². The lowest BCUT2D eigenvalue weighted by atomic mass is 10.0. The zero-order chi connectivity index (χ0) is 17.2. The third-order valence-electron chi connectivity index (χ3n) is 4.38. The van der Waals surface area contributed by atoms with Crippen molar-refractivity contribution >= 4 is 11.7 Å². The fourth-order valence-corrected chi connectivity index (χ4v) is 3.00. The molecule has 0 aliphatic carbocycles. The van der Waals surface area contributed by atoms with E-state index in [1.165, 1.54) is 12.0 Å². The molecule has 0 spiro atoms. The van der Waals surface area contributed by atoms with Gasteiger partial charge in [-0.15, -0.1) is 0 Å². The van der Waals surface area contributed by atoms with Crippen molar-refractivity contribution in [3.8, 4) is 0 Å². The molecule has 0 bridgehead atoms. The number of aryl methyl sites for hydroxylation is 2. The normalized spacial score (nSPS) is 14.2. The number of hydrogen-bond donors (Lipinski definition) is 2. The molecule has 7 heteroatoms. The molecule has 24 heavy (non-hydrogen) atoms. The highest BCUT2D eigenvalue weighted by Crippen LogP contribution is 2.20. The lowest BCUT2D eigenvalue weighted by molar-refractivity contribution is -0.119. The first-order chi connectivity index (χ1) is 11.7. The molecule has 1 aliphatic heterocycles. The highest BCUT2D eigenvalue weighted by atomic mass is 16.1. The van der Waals surface area contributed by atoms with Crippen LogP contribution in [0.1, 0.15) is 56.2 Å². The first-order valence-corrected chi connectivity index (χ1v) is 8.77. The summed E-state index contributed by atoms with van der Waals surface area (Å²) in [6, 6.07) is 3.63. The fraction of sp³-hybridized carbons (Fsp3) is 0.647. The summed E-state index contributed by atoms with van der Waals surface area (Å²) in [6.07, 6.45) is 9.07. The number of anilines is 1. The minimum Gasteiger partial charge on any atom is -0.370 e. The van der Waals surface area contributed by atoms with Gasteiger partial charge in [0.25, 0.3) is 0 Å². The molecule has 0 saturated carbocycles. The van der Waals surface area contributed by atoms with Gasteiger partial charge in [0.1, 0.15) is 11.9 Å². The van der Waals surface area contributed by atoms with Gasteiger partial charge in [0.15, 0.2) is 0 Å². The summed E-state index contributed by atoms with van der Waals surface area (Å²) in [5, 5.41) is 6.79. The number of pyridine rings is 1. The van der Waals surface area contributed by atoms with E-state index in [9.17, 15) is 4.79 Å². The number of carbonyl (C=O) groups is 1. The summed E-state index contributed by atoms with van der Waals surface area (Å²) in [5.74, 6) is 0.522. The molecule has 1 unspecified atom stereocenters. The maximum absolute atomic E-state index is 11.1. The Morgan fingerprint density at radius 1 is 1.33 bits per heavy atom. The number of carbonyl (C=O) groups excluding carboxylic acids is 1. The number of azide groups is 1. The molecule has 2 rings (SSSR count). The topological polar surface area (TPSA) is 117 Å². The van der Waals surface area contributed by atoms with Crippen molar-refractivity contribution in [3.63, 3.8) is 0 Å². The quantitative estimate of drug-likeness (QED) is 0.296. The molecule has 2 heterocycles. The molecular formula is C17H26N6O. The van der Waals surface area contributed by atoms with Crippen molar-refractivity contribution in [3.05, 3.63) is 33.8 Å². The van der Waals surface area contributed by atoms with Gasteiger partial charge in [-0.3, -0.25) is 4.79 Å². The van der Waals surface area contributed by atoms with E-state index in [0.717, 1.165) is 63.0 Å². The van der Waals surface area contributed by atoms with E-state index in [4.69, 9.17) is 16.2 Å². The molecule has 0 radical (unpaired) electrons. The van der Waals surface area contributed by atoms with E-state index in [0.29, 0.717) is 6.42 Å². The van der Waals surface area contributed by atoms with Crippen molar-refractivity contribution in [2.45, 2.75) is 63.8 Å². The molecular weight excluding hydrogens is 304 g/mol. The van der Waals surface area contributed by atoms with E-state index in [-0.39, 0.29) is 0 Å². The molecule has 0 aromatic carbocycles. The Labute approximate surface area is 142 Å². The van der Waals surface area contributed by atoms with Crippen LogP contribution < -0.4 is 11.1 Å². The number of nitrogens with one attached hydrogen (secondary N) is 1. The smallest absolute Gasteiger partial charge is 0.226 e. The standard InChI is InChI=1S/C17H26N6O/c18-16(24)15(22-23-19)9-5-3-1-2-4-8-14-11-10-13-7-6-12-20-17(13)21-14/h10-11,15H,1-9,12H2,(H2,18,24)(H,20,21). The molecule has 1 aromatic heterocycles. The molecule has 1 amide bonds.